The van der Waals surface area contributed by atoms with Crippen LogP contribution < -0.4 is 5.32 Å². The zero-order chi connectivity index (χ0) is 15.7. The Bertz CT molecular complexity index is 527. The maximum atomic E-state index is 12.2. The van der Waals surface area contributed by atoms with Gasteiger partial charge in [0.25, 0.3) is 5.91 Å². The molecule has 4 nitrogen and oxygen atoms in total. The lowest BCUT2D eigenvalue weighted by Crippen LogP contribution is -2.26. The van der Waals surface area contributed by atoms with Gasteiger partial charge in [0.15, 0.2) is 0 Å². The Labute approximate surface area is 127 Å². The van der Waals surface area contributed by atoms with Crippen LogP contribution in [0.3, 0.4) is 0 Å². The molecule has 114 valence electrons. The highest BCUT2D eigenvalue weighted by molar-refractivity contribution is 5.96. The van der Waals surface area contributed by atoms with E-state index in [1.54, 1.807) is 6.07 Å². The molecule has 0 fully saturated rings. The fourth-order valence-electron chi connectivity index (χ4n) is 2.00. The zero-order valence-corrected chi connectivity index (χ0v) is 13.1. The lowest BCUT2D eigenvalue weighted by molar-refractivity contribution is 0.0952. The van der Waals surface area contributed by atoms with E-state index in [1.165, 1.54) is 0 Å². The van der Waals surface area contributed by atoms with Gasteiger partial charge in [0, 0.05) is 17.7 Å². The molecule has 2 N–H and O–H groups in total. The van der Waals surface area contributed by atoms with Crippen LogP contribution in [-0.2, 0) is 0 Å². The number of rotatable bonds is 6. The molecule has 0 spiro atoms. The average Bonchev–Trinajstić information content (AvgIpc) is 2.45. The smallest absolute Gasteiger partial charge is 0.251 e. The van der Waals surface area contributed by atoms with Gasteiger partial charge in [-0.1, -0.05) is 17.9 Å². The highest BCUT2D eigenvalue weighted by atomic mass is 16.2. The minimum atomic E-state index is -0.179. The lowest BCUT2D eigenvalue weighted by Gasteiger charge is -2.11. The lowest BCUT2D eigenvalue weighted by atomic mass is 10.0. The van der Waals surface area contributed by atoms with Gasteiger partial charge < -0.3 is 15.3 Å². The Balaban J connectivity index is 2.58. The number of benzene rings is 1. The first-order valence-corrected chi connectivity index (χ1v) is 7.18. The predicted molar refractivity (Wildman–Crippen MR) is 85.3 cm³/mol. The van der Waals surface area contributed by atoms with Crippen molar-refractivity contribution in [2.75, 3.05) is 33.8 Å². The number of carbonyl (C=O) groups excluding carboxylic acids is 1. The Morgan fingerprint density at radius 1 is 1.33 bits per heavy atom. The number of hydrogen-bond acceptors (Lipinski definition) is 3. The molecule has 0 saturated heterocycles. The summed E-state index contributed by atoms with van der Waals surface area (Å²) >= 11 is 0. The van der Waals surface area contributed by atoms with E-state index in [1.807, 2.05) is 33.2 Å². The number of hydrogen-bond donors (Lipinski definition) is 2. The Morgan fingerprint density at radius 2 is 2.10 bits per heavy atom. The third-order valence-electron chi connectivity index (χ3n) is 3.20. The number of nitrogens with zero attached hydrogens (tertiary/aromatic N) is 1. The quantitative estimate of drug-likeness (QED) is 0.615. The van der Waals surface area contributed by atoms with E-state index in [2.05, 4.69) is 22.1 Å². The first-order valence-electron chi connectivity index (χ1n) is 7.18. The Hall–Kier alpha value is -1.83. The van der Waals surface area contributed by atoms with Crippen molar-refractivity contribution in [2.45, 2.75) is 19.8 Å². The number of amides is 1. The molecule has 1 rings (SSSR count). The molecular weight excluding hydrogens is 264 g/mol. The van der Waals surface area contributed by atoms with Gasteiger partial charge in [-0.05, 0) is 58.1 Å². The molecule has 4 heteroatoms. The fourth-order valence-corrected chi connectivity index (χ4v) is 2.00. The van der Waals surface area contributed by atoms with E-state index in [0.29, 0.717) is 12.1 Å². The van der Waals surface area contributed by atoms with Crippen LogP contribution in [-0.4, -0.2) is 49.7 Å². The second-order valence-corrected chi connectivity index (χ2v) is 5.20. The first-order chi connectivity index (χ1) is 10.1. The van der Waals surface area contributed by atoms with E-state index in [4.69, 9.17) is 5.11 Å². The minimum Gasteiger partial charge on any atom is -0.384 e. The van der Waals surface area contributed by atoms with Crippen molar-refractivity contribution in [3.63, 3.8) is 0 Å². The zero-order valence-electron chi connectivity index (χ0n) is 13.1. The van der Waals surface area contributed by atoms with Crippen molar-refractivity contribution >= 4 is 5.91 Å². The summed E-state index contributed by atoms with van der Waals surface area (Å²) in [6.07, 6.45) is 2.03. The second kappa shape index (κ2) is 9.17. The number of nitrogens with one attached hydrogen (secondary N) is 1. The summed E-state index contributed by atoms with van der Waals surface area (Å²) in [5, 5.41) is 11.7. The van der Waals surface area contributed by atoms with Crippen LogP contribution in [0, 0.1) is 18.8 Å². The third-order valence-corrected chi connectivity index (χ3v) is 3.20. The molecule has 0 aromatic heterocycles. The monoisotopic (exact) mass is 288 g/mol. The Morgan fingerprint density at radius 3 is 2.76 bits per heavy atom. The molecule has 0 bridgehead atoms. The molecule has 1 aromatic rings. The molecule has 0 radical (unpaired) electrons. The molecular formula is C17H24N2O2. The van der Waals surface area contributed by atoms with E-state index >= 15 is 0 Å². The van der Waals surface area contributed by atoms with E-state index < -0.39 is 0 Å². The van der Waals surface area contributed by atoms with E-state index in [9.17, 15) is 4.79 Å². The summed E-state index contributed by atoms with van der Waals surface area (Å²) in [6.45, 7) is 3.41. The third kappa shape index (κ3) is 5.99. The summed E-state index contributed by atoms with van der Waals surface area (Å²) in [4.78, 5) is 14.3. The molecule has 1 amide bonds. The highest BCUT2D eigenvalue weighted by Gasteiger charge is 2.10. The SMILES string of the molecule is Cc1c(C#CCO)cccc1C(=O)NCCCCN(C)C. The van der Waals surface area contributed by atoms with Crippen LogP contribution in [0.15, 0.2) is 18.2 Å². The normalized spacial score (nSPS) is 10.1. The molecule has 0 aliphatic heterocycles. The van der Waals surface area contributed by atoms with E-state index in [0.717, 1.165) is 30.5 Å². The minimum absolute atomic E-state index is 0.0648. The van der Waals surface area contributed by atoms with Gasteiger partial charge in [-0.25, -0.2) is 0 Å². The fraction of sp³-hybridized carbons (Fsp3) is 0.471. The van der Waals surface area contributed by atoms with Crippen molar-refractivity contribution in [3.8, 4) is 11.8 Å². The van der Waals surface area contributed by atoms with E-state index in [-0.39, 0.29) is 12.5 Å². The summed E-state index contributed by atoms with van der Waals surface area (Å²) < 4.78 is 0. The van der Waals surface area contributed by atoms with Crippen molar-refractivity contribution in [3.05, 3.63) is 34.9 Å². The molecule has 0 unspecified atom stereocenters. The van der Waals surface area contributed by atoms with Crippen LogP contribution in [0.25, 0.3) is 0 Å². The number of aliphatic hydroxyl groups is 1. The van der Waals surface area contributed by atoms with Crippen molar-refractivity contribution < 1.29 is 9.90 Å². The summed E-state index contributed by atoms with van der Waals surface area (Å²) in [5.74, 6) is 5.41. The number of carbonyl (C=O) groups is 1. The molecule has 0 aliphatic carbocycles. The Kier molecular flexibility index (Phi) is 7.52. The molecule has 0 aliphatic rings. The first kappa shape index (κ1) is 17.2. The van der Waals surface area contributed by atoms with Crippen molar-refractivity contribution in [1.82, 2.24) is 10.2 Å². The van der Waals surface area contributed by atoms with Gasteiger partial charge in [0.2, 0.25) is 0 Å². The van der Waals surface area contributed by atoms with Gasteiger partial charge in [0.1, 0.15) is 6.61 Å². The maximum absolute atomic E-state index is 12.2. The summed E-state index contributed by atoms with van der Waals surface area (Å²) in [6, 6.07) is 5.47. The summed E-state index contributed by atoms with van der Waals surface area (Å²) in [7, 11) is 4.09. The van der Waals surface area contributed by atoms with Crippen LogP contribution >= 0.6 is 0 Å². The topological polar surface area (TPSA) is 52.6 Å². The number of unbranched alkanes of at least 4 members (excludes halogenated alkanes) is 1. The second-order valence-electron chi connectivity index (χ2n) is 5.20. The standard InChI is InChI=1S/C17H24N2O2/c1-14-15(9-7-13-20)8-6-10-16(14)17(21)18-11-4-5-12-19(2)3/h6,8,10,20H,4-5,11-13H2,1-3H3,(H,18,21). The molecule has 1 aromatic carbocycles. The van der Waals surface area contributed by atoms with Crippen molar-refractivity contribution in [1.29, 1.82) is 0 Å². The van der Waals surface area contributed by atoms with Gasteiger partial charge in [-0.3, -0.25) is 4.79 Å². The molecule has 0 heterocycles. The summed E-state index contributed by atoms with van der Waals surface area (Å²) in [5.41, 5.74) is 2.28. The molecule has 21 heavy (non-hydrogen) atoms. The average molecular weight is 288 g/mol. The van der Waals surface area contributed by atoms with Gasteiger partial charge >= 0.3 is 0 Å². The van der Waals surface area contributed by atoms with Crippen molar-refractivity contribution in [2.24, 2.45) is 0 Å². The number of aliphatic hydroxyl groups excluding tert-OH is 1. The van der Waals surface area contributed by atoms with Crippen LogP contribution in [0.2, 0.25) is 0 Å². The maximum Gasteiger partial charge on any atom is 0.251 e. The van der Waals surface area contributed by atoms with Crippen LogP contribution in [0.1, 0.15) is 34.3 Å². The molecule has 0 saturated carbocycles. The van der Waals surface area contributed by atoms with Crippen LogP contribution in [0.5, 0.6) is 0 Å². The highest BCUT2D eigenvalue weighted by Crippen LogP contribution is 2.12. The molecule has 0 atom stereocenters. The van der Waals surface area contributed by atoms with Crippen LogP contribution in [0.4, 0.5) is 0 Å². The van der Waals surface area contributed by atoms with Gasteiger partial charge in [0.05, 0.1) is 0 Å². The largest absolute Gasteiger partial charge is 0.384 e. The van der Waals surface area contributed by atoms with Gasteiger partial charge in [-0.15, -0.1) is 0 Å². The predicted octanol–water partition coefficient (Wildman–Crippen LogP) is 1.41. The van der Waals surface area contributed by atoms with Gasteiger partial charge in [-0.2, -0.15) is 0 Å².